The van der Waals surface area contributed by atoms with Gasteiger partial charge in [-0.25, -0.2) is 4.21 Å². The van der Waals surface area contributed by atoms with Crippen molar-refractivity contribution in [3.8, 4) is 0 Å². The highest BCUT2D eigenvalue weighted by Gasteiger charge is 2.00. The third-order valence-corrected chi connectivity index (χ3v) is 4.55. The molecule has 1 aromatic rings. The maximum absolute atomic E-state index is 10.9. The van der Waals surface area contributed by atoms with Gasteiger partial charge in [0.05, 0.1) is 4.90 Å². The van der Waals surface area contributed by atoms with E-state index < -0.39 is 11.1 Å². The average Bonchev–Trinajstić information content (AvgIpc) is 2.45. The van der Waals surface area contributed by atoms with Crippen LogP contribution in [0.3, 0.4) is 0 Å². The van der Waals surface area contributed by atoms with Gasteiger partial charge in [-0.1, -0.05) is 70.9 Å². The van der Waals surface area contributed by atoms with Crippen molar-refractivity contribution in [2.24, 2.45) is 5.92 Å². The number of hydrogen-bond donors (Lipinski definition) is 1. The summed E-state index contributed by atoms with van der Waals surface area (Å²) in [7, 11) is 0. The molecule has 120 valence electrons. The fourth-order valence-corrected chi connectivity index (χ4v) is 2.91. The Kier molecular flexibility index (Phi) is 9.60. The minimum Gasteiger partial charge on any atom is -0.302 e. The SMILES string of the molecule is CC(C)CCCCCCCCCc1ccc(S(=O)O)cc1. The van der Waals surface area contributed by atoms with Crippen LogP contribution in [0.2, 0.25) is 0 Å². The van der Waals surface area contributed by atoms with E-state index in [0.29, 0.717) is 4.90 Å². The first-order valence-electron chi connectivity index (χ1n) is 8.29. The third-order valence-electron chi connectivity index (χ3n) is 3.87. The number of hydrogen-bond acceptors (Lipinski definition) is 1. The summed E-state index contributed by atoms with van der Waals surface area (Å²) in [6.07, 6.45) is 11.8. The van der Waals surface area contributed by atoms with E-state index in [0.717, 1.165) is 12.3 Å². The minimum absolute atomic E-state index is 0.486. The predicted molar refractivity (Wildman–Crippen MR) is 91.0 cm³/mol. The van der Waals surface area contributed by atoms with Crippen LogP contribution in [0.1, 0.15) is 70.8 Å². The Hall–Kier alpha value is -0.670. The van der Waals surface area contributed by atoms with Gasteiger partial charge in [-0.05, 0) is 36.5 Å². The van der Waals surface area contributed by atoms with E-state index in [4.69, 9.17) is 4.55 Å². The van der Waals surface area contributed by atoms with Crippen molar-refractivity contribution < 1.29 is 8.76 Å². The standard InChI is InChI=1S/C18H30O2S/c1-16(2)10-8-6-4-3-5-7-9-11-17-12-14-18(15-13-17)21(19)20/h12-16H,3-11H2,1-2H3,(H,19,20). The summed E-state index contributed by atoms with van der Waals surface area (Å²) >= 11 is -1.85. The van der Waals surface area contributed by atoms with Crippen LogP contribution < -0.4 is 0 Å². The summed E-state index contributed by atoms with van der Waals surface area (Å²) in [6.45, 7) is 4.59. The van der Waals surface area contributed by atoms with Crippen LogP contribution in [-0.2, 0) is 17.5 Å². The minimum atomic E-state index is -1.85. The van der Waals surface area contributed by atoms with Crippen LogP contribution in [-0.4, -0.2) is 8.76 Å². The lowest BCUT2D eigenvalue weighted by atomic mass is 10.0. The van der Waals surface area contributed by atoms with Gasteiger partial charge < -0.3 is 4.55 Å². The summed E-state index contributed by atoms with van der Waals surface area (Å²) in [6, 6.07) is 7.44. The molecule has 0 fully saturated rings. The van der Waals surface area contributed by atoms with Crippen molar-refractivity contribution in [3.63, 3.8) is 0 Å². The topological polar surface area (TPSA) is 37.3 Å². The summed E-state index contributed by atoms with van der Waals surface area (Å²) < 4.78 is 19.8. The highest BCUT2D eigenvalue weighted by molar-refractivity contribution is 7.79. The third kappa shape index (κ3) is 9.05. The number of aryl methyl sites for hydroxylation is 1. The second-order valence-electron chi connectivity index (χ2n) is 6.30. The largest absolute Gasteiger partial charge is 0.302 e. The second kappa shape index (κ2) is 11.0. The van der Waals surface area contributed by atoms with Crippen LogP contribution in [0.4, 0.5) is 0 Å². The molecule has 2 nitrogen and oxygen atoms in total. The van der Waals surface area contributed by atoms with E-state index in [-0.39, 0.29) is 0 Å². The van der Waals surface area contributed by atoms with E-state index in [1.54, 1.807) is 12.1 Å². The molecule has 0 spiro atoms. The highest BCUT2D eigenvalue weighted by Crippen LogP contribution is 2.14. The molecule has 0 aliphatic carbocycles. The summed E-state index contributed by atoms with van der Waals surface area (Å²) in [5.74, 6) is 0.847. The summed E-state index contributed by atoms with van der Waals surface area (Å²) in [4.78, 5) is 0.486. The Bertz CT molecular complexity index is 398. The van der Waals surface area contributed by atoms with Gasteiger partial charge in [0, 0.05) is 0 Å². The molecule has 1 aromatic carbocycles. The molecule has 0 heterocycles. The normalized spacial score (nSPS) is 12.8. The molecule has 21 heavy (non-hydrogen) atoms. The van der Waals surface area contributed by atoms with Gasteiger partial charge >= 0.3 is 0 Å². The lowest BCUT2D eigenvalue weighted by Crippen LogP contribution is -1.90. The molecule has 1 N–H and O–H groups in total. The van der Waals surface area contributed by atoms with Crippen LogP contribution in [0, 0.1) is 5.92 Å². The summed E-state index contributed by atoms with van der Waals surface area (Å²) in [5.41, 5.74) is 1.26. The molecule has 0 aliphatic heterocycles. The maximum Gasteiger partial charge on any atom is 0.186 e. The molecule has 1 atom stereocenters. The van der Waals surface area contributed by atoms with Crippen LogP contribution >= 0.6 is 0 Å². The molecule has 0 saturated heterocycles. The molecular weight excluding hydrogens is 280 g/mol. The van der Waals surface area contributed by atoms with Gasteiger partial charge in [-0.3, -0.25) is 0 Å². The molecule has 0 amide bonds. The van der Waals surface area contributed by atoms with Crippen molar-refractivity contribution in [1.29, 1.82) is 0 Å². The molecule has 0 bridgehead atoms. The lowest BCUT2D eigenvalue weighted by Gasteiger charge is -2.05. The average molecular weight is 311 g/mol. The Labute approximate surface area is 132 Å². The first kappa shape index (κ1) is 18.4. The maximum atomic E-state index is 10.9. The van der Waals surface area contributed by atoms with Crippen molar-refractivity contribution in [2.75, 3.05) is 0 Å². The Balaban J connectivity index is 2.00. The van der Waals surface area contributed by atoms with E-state index in [9.17, 15) is 4.21 Å². The molecule has 3 heteroatoms. The van der Waals surface area contributed by atoms with Crippen molar-refractivity contribution in [1.82, 2.24) is 0 Å². The Morgan fingerprint density at radius 2 is 1.43 bits per heavy atom. The second-order valence-corrected chi connectivity index (χ2v) is 7.27. The van der Waals surface area contributed by atoms with Crippen LogP contribution in [0.25, 0.3) is 0 Å². The van der Waals surface area contributed by atoms with Crippen LogP contribution in [0.5, 0.6) is 0 Å². The molecule has 1 rings (SSSR count). The Morgan fingerprint density at radius 3 is 1.95 bits per heavy atom. The van der Waals surface area contributed by atoms with Crippen LogP contribution in [0.15, 0.2) is 29.2 Å². The molecule has 0 aliphatic rings. The van der Waals surface area contributed by atoms with E-state index >= 15 is 0 Å². The van der Waals surface area contributed by atoms with Crippen molar-refractivity contribution in [2.45, 2.75) is 76.5 Å². The van der Waals surface area contributed by atoms with E-state index in [1.165, 1.54) is 56.9 Å². The monoisotopic (exact) mass is 310 g/mol. The van der Waals surface area contributed by atoms with E-state index in [1.807, 2.05) is 12.1 Å². The molecule has 1 unspecified atom stereocenters. The zero-order valence-electron chi connectivity index (χ0n) is 13.5. The van der Waals surface area contributed by atoms with Gasteiger partial charge in [0.1, 0.15) is 0 Å². The fourth-order valence-electron chi connectivity index (χ4n) is 2.54. The first-order valence-corrected chi connectivity index (χ1v) is 9.40. The van der Waals surface area contributed by atoms with Gasteiger partial charge in [-0.2, -0.15) is 0 Å². The quantitative estimate of drug-likeness (QED) is 0.427. The Morgan fingerprint density at radius 1 is 0.905 bits per heavy atom. The van der Waals surface area contributed by atoms with Gasteiger partial charge in [0.25, 0.3) is 0 Å². The molecule has 0 aromatic heterocycles. The molecule has 0 radical (unpaired) electrons. The first-order chi connectivity index (χ1) is 10.1. The van der Waals surface area contributed by atoms with Gasteiger partial charge in [0.2, 0.25) is 0 Å². The smallest absolute Gasteiger partial charge is 0.186 e. The molecular formula is C18H30O2S. The lowest BCUT2D eigenvalue weighted by molar-refractivity contribution is 0.509. The fraction of sp³-hybridized carbons (Fsp3) is 0.667. The van der Waals surface area contributed by atoms with Gasteiger partial charge in [-0.15, -0.1) is 0 Å². The predicted octanol–water partition coefficient (Wildman–Crippen LogP) is 5.59. The van der Waals surface area contributed by atoms with Gasteiger partial charge in [0.15, 0.2) is 11.1 Å². The zero-order valence-corrected chi connectivity index (χ0v) is 14.3. The zero-order chi connectivity index (χ0) is 15.5. The number of benzene rings is 1. The highest BCUT2D eigenvalue weighted by atomic mass is 32.2. The summed E-state index contributed by atoms with van der Waals surface area (Å²) in [5, 5.41) is 0. The van der Waals surface area contributed by atoms with Crippen molar-refractivity contribution in [3.05, 3.63) is 29.8 Å². The number of rotatable bonds is 11. The van der Waals surface area contributed by atoms with Crippen molar-refractivity contribution >= 4 is 11.1 Å². The number of unbranched alkanes of at least 4 members (excludes halogenated alkanes) is 6. The van der Waals surface area contributed by atoms with E-state index in [2.05, 4.69) is 13.8 Å². The molecule has 0 saturated carbocycles.